The largest absolute Gasteiger partial charge is 0.474 e. The van der Waals surface area contributed by atoms with Gasteiger partial charge in [0, 0.05) is 12.6 Å². The third-order valence-electron chi connectivity index (χ3n) is 2.66. The third kappa shape index (κ3) is 2.56. The molecular formula is C10H14N2O3. The first kappa shape index (κ1) is 10.2. The third-order valence-corrected chi connectivity index (χ3v) is 2.66. The van der Waals surface area contributed by atoms with Gasteiger partial charge in [-0.3, -0.25) is 0 Å². The minimum atomic E-state index is -1.12. The molecule has 0 atom stereocenters. The highest BCUT2D eigenvalue weighted by Crippen LogP contribution is 2.17. The van der Waals surface area contributed by atoms with Crippen LogP contribution in [-0.4, -0.2) is 22.1 Å². The molecule has 2 N–H and O–H groups in total. The van der Waals surface area contributed by atoms with Gasteiger partial charge in [-0.1, -0.05) is 12.8 Å². The van der Waals surface area contributed by atoms with Crippen LogP contribution in [0.1, 0.15) is 42.1 Å². The molecule has 1 aromatic heterocycles. The zero-order valence-electron chi connectivity index (χ0n) is 8.40. The van der Waals surface area contributed by atoms with Gasteiger partial charge >= 0.3 is 11.9 Å². The van der Waals surface area contributed by atoms with Crippen LogP contribution in [0.3, 0.4) is 0 Å². The molecule has 5 heteroatoms. The van der Waals surface area contributed by atoms with E-state index in [0.29, 0.717) is 18.3 Å². The second-order valence-electron chi connectivity index (χ2n) is 3.81. The van der Waals surface area contributed by atoms with E-state index in [-0.39, 0.29) is 5.89 Å². The summed E-state index contributed by atoms with van der Waals surface area (Å²) in [6, 6.07) is 0.551. The van der Waals surface area contributed by atoms with Crippen LogP contribution in [-0.2, 0) is 6.54 Å². The van der Waals surface area contributed by atoms with Crippen molar-refractivity contribution in [3.63, 3.8) is 0 Å². The maximum absolute atomic E-state index is 10.5. The van der Waals surface area contributed by atoms with Gasteiger partial charge in [-0.25, -0.2) is 9.78 Å². The van der Waals surface area contributed by atoms with E-state index in [2.05, 4.69) is 10.3 Å². The van der Waals surface area contributed by atoms with Crippen LogP contribution in [0.25, 0.3) is 0 Å². The van der Waals surface area contributed by atoms with E-state index < -0.39 is 5.97 Å². The summed E-state index contributed by atoms with van der Waals surface area (Å²) in [5.74, 6) is -1.36. The molecule has 5 nitrogen and oxygen atoms in total. The van der Waals surface area contributed by atoms with Crippen molar-refractivity contribution in [3.8, 4) is 0 Å². The van der Waals surface area contributed by atoms with Crippen molar-refractivity contribution in [2.24, 2.45) is 0 Å². The summed E-state index contributed by atoms with van der Waals surface area (Å²) in [7, 11) is 0. The van der Waals surface area contributed by atoms with Gasteiger partial charge in [-0.05, 0) is 12.8 Å². The molecule has 1 saturated carbocycles. The van der Waals surface area contributed by atoms with E-state index in [1.807, 2.05) is 0 Å². The molecule has 0 aliphatic heterocycles. The summed E-state index contributed by atoms with van der Waals surface area (Å²) >= 11 is 0. The first-order valence-corrected chi connectivity index (χ1v) is 5.17. The van der Waals surface area contributed by atoms with E-state index in [9.17, 15) is 4.79 Å². The fourth-order valence-electron chi connectivity index (χ4n) is 1.87. The number of hydrogen-bond acceptors (Lipinski definition) is 4. The zero-order valence-corrected chi connectivity index (χ0v) is 8.40. The topological polar surface area (TPSA) is 75.4 Å². The fraction of sp³-hybridized carbons (Fsp3) is 0.600. The molecule has 1 fully saturated rings. The van der Waals surface area contributed by atoms with Gasteiger partial charge in [0.1, 0.15) is 6.26 Å². The van der Waals surface area contributed by atoms with Crippen molar-refractivity contribution in [3.05, 3.63) is 17.8 Å². The molecule has 2 rings (SSSR count). The normalized spacial score (nSPS) is 17.1. The molecule has 0 spiro atoms. The van der Waals surface area contributed by atoms with Gasteiger partial charge < -0.3 is 14.8 Å². The molecule has 0 unspecified atom stereocenters. The predicted octanol–water partition coefficient (Wildman–Crippen LogP) is 1.40. The molecule has 0 saturated heterocycles. The van der Waals surface area contributed by atoms with Gasteiger partial charge in [0.15, 0.2) is 0 Å². The van der Waals surface area contributed by atoms with Crippen molar-refractivity contribution in [2.75, 3.05) is 0 Å². The van der Waals surface area contributed by atoms with E-state index in [4.69, 9.17) is 9.52 Å². The molecule has 1 aromatic rings. The van der Waals surface area contributed by atoms with Crippen LogP contribution in [0.4, 0.5) is 0 Å². The Morgan fingerprint density at radius 2 is 2.33 bits per heavy atom. The molecule has 0 amide bonds. The smallest absolute Gasteiger partial charge is 0.392 e. The van der Waals surface area contributed by atoms with Gasteiger partial charge in [-0.15, -0.1) is 0 Å². The lowest BCUT2D eigenvalue weighted by atomic mass is 10.2. The summed E-state index contributed by atoms with van der Waals surface area (Å²) in [4.78, 5) is 14.3. The van der Waals surface area contributed by atoms with E-state index in [1.54, 1.807) is 0 Å². The Bertz CT molecular complexity index is 342. The molecule has 0 radical (unpaired) electrons. The quantitative estimate of drug-likeness (QED) is 0.785. The highest BCUT2D eigenvalue weighted by atomic mass is 16.4. The first-order chi connectivity index (χ1) is 7.25. The highest BCUT2D eigenvalue weighted by molar-refractivity contribution is 5.82. The number of nitrogens with zero attached hydrogens (tertiary/aromatic N) is 1. The number of carboxylic acid groups (broad SMARTS) is 1. The number of oxazole rings is 1. The zero-order chi connectivity index (χ0) is 10.7. The summed E-state index contributed by atoms with van der Waals surface area (Å²) < 4.78 is 4.79. The van der Waals surface area contributed by atoms with Crippen molar-refractivity contribution < 1.29 is 14.3 Å². The van der Waals surface area contributed by atoms with Crippen LogP contribution < -0.4 is 5.32 Å². The number of nitrogens with one attached hydrogen (secondary N) is 1. The molecule has 1 heterocycles. The Labute approximate surface area is 87.5 Å². The maximum atomic E-state index is 10.5. The molecule has 82 valence electrons. The maximum Gasteiger partial charge on any atom is 0.392 e. The van der Waals surface area contributed by atoms with Gasteiger partial charge in [0.25, 0.3) is 0 Å². The van der Waals surface area contributed by atoms with Crippen molar-refractivity contribution in [2.45, 2.75) is 38.3 Å². The lowest BCUT2D eigenvalue weighted by Gasteiger charge is -2.09. The van der Waals surface area contributed by atoms with Crippen molar-refractivity contribution >= 4 is 5.97 Å². The first-order valence-electron chi connectivity index (χ1n) is 5.17. The Morgan fingerprint density at radius 3 is 2.93 bits per heavy atom. The summed E-state index contributed by atoms with van der Waals surface area (Å²) in [6.07, 6.45) is 6.34. The Hall–Kier alpha value is -1.36. The minimum absolute atomic E-state index is 0.238. The lowest BCUT2D eigenvalue weighted by Crippen LogP contribution is -2.25. The van der Waals surface area contributed by atoms with Gasteiger partial charge in [0.2, 0.25) is 0 Å². The van der Waals surface area contributed by atoms with Crippen molar-refractivity contribution in [1.82, 2.24) is 10.3 Å². The number of carboxylic acids is 1. The monoisotopic (exact) mass is 210 g/mol. The minimum Gasteiger partial charge on any atom is -0.474 e. The number of carbonyl (C=O) groups is 1. The summed E-state index contributed by atoms with van der Waals surface area (Å²) in [6.45, 7) is 0.585. The number of aromatic nitrogens is 1. The van der Waals surface area contributed by atoms with Crippen LogP contribution in [0, 0.1) is 0 Å². The Morgan fingerprint density at radius 1 is 1.60 bits per heavy atom. The molecule has 0 aromatic carbocycles. The number of aromatic carboxylic acids is 1. The number of rotatable bonds is 4. The molecule has 1 aliphatic rings. The average molecular weight is 210 g/mol. The molecular weight excluding hydrogens is 196 g/mol. The Balaban J connectivity index is 1.84. The number of hydrogen-bond donors (Lipinski definition) is 2. The van der Waals surface area contributed by atoms with E-state index in [1.165, 1.54) is 31.9 Å². The predicted molar refractivity (Wildman–Crippen MR) is 52.6 cm³/mol. The highest BCUT2D eigenvalue weighted by Gasteiger charge is 2.15. The van der Waals surface area contributed by atoms with E-state index >= 15 is 0 Å². The van der Waals surface area contributed by atoms with Gasteiger partial charge in [0.05, 0.1) is 5.69 Å². The second kappa shape index (κ2) is 4.44. The molecule has 0 bridgehead atoms. The van der Waals surface area contributed by atoms with Crippen molar-refractivity contribution in [1.29, 1.82) is 0 Å². The standard InChI is InChI=1S/C10H14N2O3/c13-10(14)9-12-8(6-15-9)5-11-7-3-1-2-4-7/h6-7,11H,1-5H2,(H,13,14). The Kier molecular flexibility index (Phi) is 3.01. The average Bonchev–Trinajstić information content (AvgIpc) is 2.86. The summed E-state index contributed by atoms with van der Waals surface area (Å²) in [5.41, 5.74) is 0.652. The SMILES string of the molecule is O=C(O)c1nc(CNC2CCCC2)co1. The van der Waals surface area contributed by atoms with Crippen LogP contribution in [0.2, 0.25) is 0 Å². The molecule has 15 heavy (non-hydrogen) atoms. The van der Waals surface area contributed by atoms with Crippen LogP contribution >= 0.6 is 0 Å². The van der Waals surface area contributed by atoms with E-state index in [0.717, 1.165) is 0 Å². The van der Waals surface area contributed by atoms with Crippen LogP contribution in [0.15, 0.2) is 10.7 Å². The van der Waals surface area contributed by atoms with Gasteiger partial charge in [-0.2, -0.15) is 0 Å². The van der Waals surface area contributed by atoms with Crippen LogP contribution in [0.5, 0.6) is 0 Å². The fourth-order valence-corrected chi connectivity index (χ4v) is 1.87. The second-order valence-corrected chi connectivity index (χ2v) is 3.81. The molecule has 1 aliphatic carbocycles. The lowest BCUT2D eigenvalue weighted by molar-refractivity contribution is 0.0653. The summed E-state index contributed by atoms with van der Waals surface area (Å²) in [5, 5.41) is 11.9.